The van der Waals surface area contributed by atoms with Crippen LogP contribution in [0.15, 0.2) is 47.5 Å². The molecule has 0 spiro atoms. The summed E-state index contributed by atoms with van der Waals surface area (Å²) in [7, 11) is -3.64. The third-order valence-corrected chi connectivity index (χ3v) is 4.71. The minimum Gasteiger partial charge on any atom is -0.308 e. The normalized spacial score (nSPS) is 12.9. The van der Waals surface area contributed by atoms with Crippen LogP contribution in [0, 0.1) is 6.92 Å². The lowest BCUT2D eigenvalue weighted by Crippen LogP contribution is -2.27. The van der Waals surface area contributed by atoms with Gasteiger partial charge in [-0.1, -0.05) is 24.3 Å². The van der Waals surface area contributed by atoms with Crippen LogP contribution in [0.25, 0.3) is 0 Å². The van der Waals surface area contributed by atoms with Crippen LogP contribution in [0.3, 0.4) is 0 Å². The van der Waals surface area contributed by atoms with E-state index < -0.39 is 10.0 Å². The fourth-order valence-electron chi connectivity index (χ4n) is 2.09. The fourth-order valence-corrected chi connectivity index (χ4v) is 3.33. The predicted molar refractivity (Wildman–Crippen MR) is 82.0 cm³/mol. The number of hydrazine groups is 1. The number of nitrogens with one attached hydrogen (secondary N) is 2. The minimum atomic E-state index is -3.64. The molecule has 0 aliphatic rings. The number of pyridine rings is 1. The van der Waals surface area contributed by atoms with Gasteiger partial charge in [-0.3, -0.25) is 0 Å². The Bertz CT molecular complexity index is 731. The quantitative estimate of drug-likeness (QED) is 0.577. The van der Waals surface area contributed by atoms with Crippen molar-refractivity contribution in [3.05, 3.63) is 53.7 Å². The second-order valence-corrected chi connectivity index (χ2v) is 6.43. The predicted octanol–water partition coefficient (Wildman–Crippen LogP) is 1.72. The molecule has 0 aliphatic carbocycles. The van der Waals surface area contributed by atoms with Crippen LogP contribution in [0.5, 0.6) is 0 Å². The van der Waals surface area contributed by atoms with Gasteiger partial charge in [0.2, 0.25) is 10.0 Å². The monoisotopic (exact) mass is 306 g/mol. The molecule has 0 radical (unpaired) electrons. The molecule has 0 bridgehead atoms. The summed E-state index contributed by atoms with van der Waals surface area (Å²) in [5, 5.41) is 0. The molecule has 4 N–H and O–H groups in total. The number of hydrogen-bond donors (Lipinski definition) is 3. The van der Waals surface area contributed by atoms with Crippen LogP contribution in [-0.4, -0.2) is 13.4 Å². The highest BCUT2D eigenvalue weighted by Crippen LogP contribution is 2.20. The zero-order valence-corrected chi connectivity index (χ0v) is 12.7. The first-order valence-corrected chi connectivity index (χ1v) is 7.93. The van der Waals surface area contributed by atoms with E-state index in [4.69, 9.17) is 5.84 Å². The van der Waals surface area contributed by atoms with Gasteiger partial charge in [0.1, 0.15) is 5.82 Å². The molecule has 0 saturated heterocycles. The summed E-state index contributed by atoms with van der Waals surface area (Å²) in [5.74, 6) is 5.54. The molecule has 6 nitrogen and oxygen atoms in total. The highest BCUT2D eigenvalue weighted by atomic mass is 32.2. The Labute approximate surface area is 124 Å². The molecule has 1 aromatic heterocycles. The van der Waals surface area contributed by atoms with E-state index >= 15 is 0 Å². The van der Waals surface area contributed by atoms with Gasteiger partial charge < -0.3 is 5.43 Å². The van der Waals surface area contributed by atoms with Crippen molar-refractivity contribution in [3.63, 3.8) is 0 Å². The largest absolute Gasteiger partial charge is 0.308 e. The average Bonchev–Trinajstić information content (AvgIpc) is 2.47. The summed E-state index contributed by atoms with van der Waals surface area (Å²) in [4.78, 5) is 4.01. The molecule has 21 heavy (non-hydrogen) atoms. The van der Waals surface area contributed by atoms with Crippen molar-refractivity contribution in [2.45, 2.75) is 24.8 Å². The molecule has 2 rings (SSSR count). The number of aromatic nitrogens is 1. The first-order valence-electron chi connectivity index (χ1n) is 6.44. The van der Waals surface area contributed by atoms with Crippen LogP contribution >= 0.6 is 0 Å². The Hall–Kier alpha value is -1.96. The second-order valence-electron chi connectivity index (χ2n) is 4.72. The highest BCUT2D eigenvalue weighted by molar-refractivity contribution is 7.89. The maximum Gasteiger partial charge on any atom is 0.241 e. The number of aryl methyl sites for hydroxylation is 1. The number of benzene rings is 1. The lowest BCUT2D eigenvalue weighted by Gasteiger charge is -2.17. The van der Waals surface area contributed by atoms with E-state index in [1.807, 2.05) is 38.1 Å². The molecule has 2 aromatic rings. The molecule has 7 heteroatoms. The highest BCUT2D eigenvalue weighted by Gasteiger charge is 2.19. The fraction of sp³-hybridized carbons (Fsp3) is 0.214. The van der Waals surface area contributed by atoms with E-state index in [1.165, 1.54) is 18.3 Å². The molecule has 1 aromatic carbocycles. The lowest BCUT2D eigenvalue weighted by atomic mass is 10.0. The number of nitrogens with zero attached hydrogens (tertiary/aromatic N) is 1. The zero-order valence-electron chi connectivity index (χ0n) is 11.9. The van der Waals surface area contributed by atoms with Gasteiger partial charge in [0.05, 0.1) is 4.90 Å². The van der Waals surface area contributed by atoms with Gasteiger partial charge in [-0.25, -0.2) is 24.0 Å². The Morgan fingerprint density at radius 2 is 1.95 bits per heavy atom. The van der Waals surface area contributed by atoms with Gasteiger partial charge in [-0.05, 0) is 31.0 Å². The molecule has 0 saturated carbocycles. The average molecular weight is 306 g/mol. The van der Waals surface area contributed by atoms with Crippen molar-refractivity contribution in [1.82, 2.24) is 9.71 Å². The summed E-state index contributed by atoms with van der Waals surface area (Å²) < 4.78 is 27.4. The molecular weight excluding hydrogens is 288 g/mol. The standard InChI is InChI=1S/C14H18N4O2S/c1-10-5-3-4-6-13(10)11(2)18-21(19,20)12-7-8-16-14(9-12)17-15/h3-9,11,18H,15H2,1-2H3,(H,16,17). The zero-order chi connectivity index (χ0) is 15.5. The van der Waals surface area contributed by atoms with Crippen molar-refractivity contribution in [3.8, 4) is 0 Å². The smallest absolute Gasteiger partial charge is 0.241 e. The maximum absolute atomic E-state index is 12.4. The lowest BCUT2D eigenvalue weighted by molar-refractivity contribution is 0.566. The number of anilines is 1. The molecule has 1 atom stereocenters. The summed E-state index contributed by atoms with van der Waals surface area (Å²) in [6, 6.07) is 10.1. The van der Waals surface area contributed by atoms with E-state index in [9.17, 15) is 8.42 Å². The van der Waals surface area contributed by atoms with E-state index in [0.29, 0.717) is 5.82 Å². The Kier molecular flexibility index (Phi) is 4.56. The molecule has 0 aliphatic heterocycles. The van der Waals surface area contributed by atoms with Crippen LogP contribution < -0.4 is 16.0 Å². The van der Waals surface area contributed by atoms with Crippen molar-refractivity contribution < 1.29 is 8.42 Å². The minimum absolute atomic E-state index is 0.117. The Balaban J connectivity index is 2.27. The number of hydrogen-bond acceptors (Lipinski definition) is 5. The SMILES string of the molecule is Cc1ccccc1C(C)NS(=O)(=O)c1ccnc(NN)c1. The molecule has 1 unspecified atom stereocenters. The number of rotatable bonds is 5. The molecule has 112 valence electrons. The number of sulfonamides is 1. The van der Waals surface area contributed by atoms with E-state index in [0.717, 1.165) is 11.1 Å². The van der Waals surface area contributed by atoms with Gasteiger partial charge in [0, 0.05) is 18.3 Å². The van der Waals surface area contributed by atoms with Crippen molar-refractivity contribution in [1.29, 1.82) is 0 Å². The molecular formula is C14H18N4O2S. The third-order valence-electron chi connectivity index (χ3n) is 3.18. The van der Waals surface area contributed by atoms with Gasteiger partial charge in [0.25, 0.3) is 0 Å². The van der Waals surface area contributed by atoms with Crippen molar-refractivity contribution in [2.75, 3.05) is 5.43 Å². The maximum atomic E-state index is 12.4. The van der Waals surface area contributed by atoms with E-state index in [-0.39, 0.29) is 10.9 Å². The third kappa shape index (κ3) is 3.57. The molecule has 0 fully saturated rings. The molecule has 1 heterocycles. The Morgan fingerprint density at radius 1 is 1.24 bits per heavy atom. The first kappa shape index (κ1) is 15.4. The number of nitrogen functional groups attached to an aromatic ring is 1. The van der Waals surface area contributed by atoms with Crippen molar-refractivity contribution in [2.24, 2.45) is 5.84 Å². The summed E-state index contributed by atoms with van der Waals surface area (Å²) in [5.41, 5.74) is 4.30. The topological polar surface area (TPSA) is 97.1 Å². The van der Waals surface area contributed by atoms with Crippen LogP contribution in [0.4, 0.5) is 5.82 Å². The Morgan fingerprint density at radius 3 is 2.62 bits per heavy atom. The van der Waals surface area contributed by atoms with E-state index in [1.54, 1.807) is 0 Å². The van der Waals surface area contributed by atoms with Gasteiger partial charge in [-0.2, -0.15) is 0 Å². The second kappa shape index (κ2) is 6.21. The summed E-state index contributed by atoms with van der Waals surface area (Å²) in [6.07, 6.45) is 1.39. The van der Waals surface area contributed by atoms with Crippen molar-refractivity contribution >= 4 is 15.8 Å². The van der Waals surface area contributed by atoms with Gasteiger partial charge in [-0.15, -0.1) is 0 Å². The molecule has 0 amide bonds. The van der Waals surface area contributed by atoms with Crippen LogP contribution in [0.2, 0.25) is 0 Å². The van der Waals surface area contributed by atoms with Crippen LogP contribution in [0.1, 0.15) is 24.1 Å². The first-order chi connectivity index (χ1) is 9.94. The summed E-state index contributed by atoms with van der Waals surface area (Å²) in [6.45, 7) is 3.76. The van der Waals surface area contributed by atoms with Gasteiger partial charge in [0.15, 0.2) is 0 Å². The van der Waals surface area contributed by atoms with E-state index in [2.05, 4.69) is 15.1 Å². The number of nitrogens with two attached hydrogens (primary N) is 1. The van der Waals surface area contributed by atoms with Crippen LogP contribution in [-0.2, 0) is 10.0 Å². The summed E-state index contributed by atoms with van der Waals surface area (Å²) >= 11 is 0. The van der Waals surface area contributed by atoms with Gasteiger partial charge >= 0.3 is 0 Å².